The van der Waals surface area contributed by atoms with Crippen LogP contribution in [0, 0.1) is 5.92 Å². The van der Waals surface area contributed by atoms with Crippen LogP contribution < -0.4 is 5.32 Å². The summed E-state index contributed by atoms with van der Waals surface area (Å²) < 4.78 is 0. The van der Waals surface area contributed by atoms with Gasteiger partial charge in [-0.05, 0) is 32.7 Å². The quantitative estimate of drug-likeness (QED) is 0.703. The van der Waals surface area contributed by atoms with Crippen LogP contribution in [0.5, 0.6) is 0 Å². The molecule has 13 heavy (non-hydrogen) atoms. The average Bonchev–Trinajstić information content (AvgIpc) is 2.11. The summed E-state index contributed by atoms with van der Waals surface area (Å²) in [6.45, 7) is 12.9. The Kier molecular flexibility index (Phi) is 4.20. The maximum absolute atomic E-state index is 3.60. The first-order valence-electron chi connectivity index (χ1n) is 5.56. The van der Waals surface area contributed by atoms with E-state index in [0.29, 0.717) is 12.1 Å². The van der Waals surface area contributed by atoms with Crippen molar-refractivity contribution in [3.63, 3.8) is 0 Å². The lowest BCUT2D eigenvalue weighted by Crippen LogP contribution is -2.38. The van der Waals surface area contributed by atoms with Crippen LogP contribution in [-0.2, 0) is 0 Å². The fraction of sp³-hybridized carbons (Fsp3) is 1.00. The molecule has 1 saturated heterocycles. The smallest absolute Gasteiger partial charge is 0.0169 e. The van der Waals surface area contributed by atoms with Crippen LogP contribution >= 0.6 is 0 Å². The van der Waals surface area contributed by atoms with Gasteiger partial charge >= 0.3 is 0 Å². The van der Waals surface area contributed by atoms with E-state index in [9.17, 15) is 0 Å². The third kappa shape index (κ3) is 4.10. The van der Waals surface area contributed by atoms with Gasteiger partial charge in [-0.3, -0.25) is 0 Å². The van der Waals surface area contributed by atoms with Gasteiger partial charge in [-0.1, -0.05) is 13.8 Å². The Morgan fingerprint density at radius 1 is 1.31 bits per heavy atom. The molecule has 0 aliphatic carbocycles. The molecule has 0 spiro atoms. The summed E-state index contributed by atoms with van der Waals surface area (Å²) >= 11 is 0. The Morgan fingerprint density at radius 2 is 2.00 bits per heavy atom. The van der Waals surface area contributed by atoms with E-state index in [4.69, 9.17) is 0 Å². The van der Waals surface area contributed by atoms with Crippen molar-refractivity contribution in [2.75, 3.05) is 19.6 Å². The minimum atomic E-state index is 0.649. The van der Waals surface area contributed by atoms with Gasteiger partial charge in [-0.2, -0.15) is 0 Å². The van der Waals surface area contributed by atoms with Crippen molar-refractivity contribution < 1.29 is 0 Å². The molecule has 2 unspecified atom stereocenters. The fourth-order valence-corrected chi connectivity index (χ4v) is 2.16. The average molecular weight is 184 g/mol. The summed E-state index contributed by atoms with van der Waals surface area (Å²) in [5, 5.41) is 3.60. The van der Waals surface area contributed by atoms with Gasteiger partial charge in [0.25, 0.3) is 0 Å². The topological polar surface area (TPSA) is 15.3 Å². The van der Waals surface area contributed by atoms with Gasteiger partial charge in [0.1, 0.15) is 0 Å². The van der Waals surface area contributed by atoms with Crippen LogP contribution in [0.3, 0.4) is 0 Å². The lowest BCUT2D eigenvalue weighted by atomic mass is 10.2. The van der Waals surface area contributed by atoms with Gasteiger partial charge < -0.3 is 10.2 Å². The van der Waals surface area contributed by atoms with Gasteiger partial charge in [-0.25, -0.2) is 0 Å². The van der Waals surface area contributed by atoms with Gasteiger partial charge in [0.2, 0.25) is 0 Å². The van der Waals surface area contributed by atoms with Gasteiger partial charge in [-0.15, -0.1) is 0 Å². The molecular weight excluding hydrogens is 160 g/mol. The monoisotopic (exact) mass is 184 g/mol. The molecule has 1 aliphatic rings. The number of rotatable bonds is 2. The molecule has 0 saturated carbocycles. The van der Waals surface area contributed by atoms with Crippen LogP contribution in [0.25, 0.3) is 0 Å². The third-order valence-corrected chi connectivity index (χ3v) is 2.60. The largest absolute Gasteiger partial charge is 0.310 e. The van der Waals surface area contributed by atoms with Crippen molar-refractivity contribution in [1.82, 2.24) is 10.2 Å². The van der Waals surface area contributed by atoms with Crippen LogP contribution in [0.15, 0.2) is 0 Å². The molecule has 0 amide bonds. The predicted octanol–water partition coefficient (Wildman–Crippen LogP) is 1.71. The van der Waals surface area contributed by atoms with Gasteiger partial charge in [0.15, 0.2) is 0 Å². The van der Waals surface area contributed by atoms with E-state index < -0.39 is 0 Å². The second kappa shape index (κ2) is 4.97. The Labute approximate surface area is 82.7 Å². The van der Waals surface area contributed by atoms with E-state index in [2.05, 4.69) is 37.9 Å². The van der Waals surface area contributed by atoms with Crippen LogP contribution in [0.2, 0.25) is 0 Å². The van der Waals surface area contributed by atoms with E-state index in [1.54, 1.807) is 0 Å². The number of hydrogen-bond donors (Lipinski definition) is 1. The van der Waals surface area contributed by atoms with Crippen molar-refractivity contribution in [3.05, 3.63) is 0 Å². The summed E-state index contributed by atoms with van der Waals surface area (Å²) in [5.74, 6) is 0.792. The molecule has 1 heterocycles. The molecule has 2 nitrogen and oxygen atoms in total. The van der Waals surface area contributed by atoms with E-state index in [0.717, 1.165) is 5.92 Å². The highest BCUT2D eigenvalue weighted by Gasteiger charge is 2.18. The third-order valence-electron chi connectivity index (χ3n) is 2.60. The molecule has 2 atom stereocenters. The molecule has 0 aromatic carbocycles. The lowest BCUT2D eigenvalue weighted by molar-refractivity contribution is 0.243. The molecule has 78 valence electrons. The highest BCUT2D eigenvalue weighted by molar-refractivity contribution is 4.77. The standard InChI is InChI=1S/C11H24N2/c1-9(2)7-13-6-5-10(3)12-11(4)8-13/h9-12H,5-8H2,1-4H3. The molecule has 0 aromatic heterocycles. The van der Waals surface area contributed by atoms with E-state index in [1.807, 2.05) is 0 Å². The molecule has 1 rings (SSSR count). The Bertz CT molecular complexity index is 145. The van der Waals surface area contributed by atoms with E-state index >= 15 is 0 Å². The molecule has 1 fully saturated rings. The zero-order chi connectivity index (χ0) is 9.84. The van der Waals surface area contributed by atoms with Crippen LogP contribution in [0.4, 0.5) is 0 Å². The number of nitrogens with zero attached hydrogens (tertiary/aromatic N) is 1. The second-order valence-corrected chi connectivity index (χ2v) is 4.91. The summed E-state index contributed by atoms with van der Waals surface area (Å²) in [5.41, 5.74) is 0. The fourth-order valence-electron chi connectivity index (χ4n) is 2.16. The molecular formula is C11H24N2. The van der Waals surface area contributed by atoms with Crippen molar-refractivity contribution in [2.24, 2.45) is 5.92 Å². The second-order valence-electron chi connectivity index (χ2n) is 4.91. The summed E-state index contributed by atoms with van der Waals surface area (Å²) in [6.07, 6.45) is 1.29. The van der Waals surface area contributed by atoms with E-state index in [1.165, 1.54) is 26.1 Å². The zero-order valence-electron chi connectivity index (χ0n) is 9.51. The molecule has 1 aliphatic heterocycles. The first-order valence-corrected chi connectivity index (χ1v) is 5.56. The molecule has 0 radical (unpaired) electrons. The lowest BCUT2D eigenvalue weighted by Gasteiger charge is -2.23. The normalized spacial score (nSPS) is 32.1. The minimum Gasteiger partial charge on any atom is -0.310 e. The summed E-state index contributed by atoms with van der Waals surface area (Å²) in [6, 6.07) is 1.34. The van der Waals surface area contributed by atoms with Crippen molar-refractivity contribution in [2.45, 2.75) is 46.2 Å². The Balaban J connectivity index is 2.38. The van der Waals surface area contributed by atoms with Gasteiger partial charge in [0.05, 0.1) is 0 Å². The predicted molar refractivity (Wildman–Crippen MR) is 58.0 cm³/mol. The molecule has 0 bridgehead atoms. The first-order chi connectivity index (χ1) is 6.08. The van der Waals surface area contributed by atoms with Crippen LogP contribution in [0.1, 0.15) is 34.1 Å². The first kappa shape index (κ1) is 11.0. The molecule has 2 heteroatoms. The number of hydrogen-bond acceptors (Lipinski definition) is 2. The highest BCUT2D eigenvalue weighted by atomic mass is 15.2. The maximum Gasteiger partial charge on any atom is 0.0169 e. The van der Waals surface area contributed by atoms with Crippen molar-refractivity contribution in [1.29, 1.82) is 0 Å². The summed E-state index contributed by atoms with van der Waals surface area (Å²) in [4.78, 5) is 2.59. The highest BCUT2D eigenvalue weighted by Crippen LogP contribution is 2.07. The molecule has 1 N–H and O–H groups in total. The number of nitrogens with one attached hydrogen (secondary N) is 1. The van der Waals surface area contributed by atoms with Crippen molar-refractivity contribution in [3.8, 4) is 0 Å². The molecule has 0 aromatic rings. The Morgan fingerprint density at radius 3 is 2.62 bits per heavy atom. The van der Waals surface area contributed by atoms with Gasteiger partial charge in [0, 0.05) is 25.2 Å². The Hall–Kier alpha value is -0.0800. The van der Waals surface area contributed by atoms with Crippen LogP contribution in [-0.4, -0.2) is 36.6 Å². The minimum absolute atomic E-state index is 0.649. The van der Waals surface area contributed by atoms with E-state index in [-0.39, 0.29) is 0 Å². The maximum atomic E-state index is 3.60. The summed E-state index contributed by atoms with van der Waals surface area (Å²) in [7, 11) is 0. The van der Waals surface area contributed by atoms with Crippen molar-refractivity contribution >= 4 is 0 Å². The SMILES string of the molecule is CC(C)CN1CCC(C)NC(C)C1. The zero-order valence-corrected chi connectivity index (χ0v) is 9.51.